The number of aromatic carboxylic acids is 1. The van der Waals surface area contributed by atoms with Gasteiger partial charge in [-0.1, -0.05) is 6.08 Å². The molecule has 8 nitrogen and oxygen atoms in total. The Bertz CT molecular complexity index is 506. The number of nitrogens with one attached hydrogen (secondary N) is 1. The Kier molecular flexibility index (Phi) is 4.19. The molecule has 18 heavy (non-hydrogen) atoms. The van der Waals surface area contributed by atoms with Crippen LogP contribution < -0.4 is 5.32 Å². The highest BCUT2D eigenvalue weighted by atomic mass is 16.6. The van der Waals surface area contributed by atoms with Gasteiger partial charge in [-0.2, -0.15) is 0 Å². The molecule has 0 bridgehead atoms. The Balaban J connectivity index is 2.92. The maximum Gasteiger partial charge on any atom is 0.352 e. The zero-order chi connectivity index (χ0) is 13.7. The summed E-state index contributed by atoms with van der Waals surface area (Å²) in [6.45, 7) is 3.35. The normalized spacial score (nSPS) is 9.78. The second-order valence-electron chi connectivity index (χ2n) is 3.37. The molecule has 1 heterocycles. The van der Waals surface area contributed by atoms with E-state index >= 15 is 0 Å². The monoisotopic (exact) mass is 253 g/mol. The van der Waals surface area contributed by atoms with Crippen LogP contribution in [-0.2, 0) is 11.3 Å². The molecular formula is C10H11N3O5. The van der Waals surface area contributed by atoms with E-state index in [1.165, 1.54) is 6.08 Å². The molecule has 0 unspecified atom stereocenters. The average molecular weight is 253 g/mol. The van der Waals surface area contributed by atoms with Crippen molar-refractivity contribution in [2.45, 2.75) is 6.54 Å². The van der Waals surface area contributed by atoms with Gasteiger partial charge in [0.15, 0.2) is 0 Å². The SMILES string of the molecule is C=CCNC(=O)Cn1cc([N+](=O)[O-])cc1C(=O)O. The number of nitro groups is 1. The van der Waals surface area contributed by atoms with Crippen molar-refractivity contribution in [3.63, 3.8) is 0 Å². The lowest BCUT2D eigenvalue weighted by atomic mass is 10.4. The van der Waals surface area contributed by atoms with Crippen LogP contribution in [0.1, 0.15) is 10.5 Å². The molecule has 1 amide bonds. The van der Waals surface area contributed by atoms with Crippen LogP contribution in [0.5, 0.6) is 0 Å². The average Bonchev–Trinajstić information content (AvgIpc) is 2.70. The molecule has 0 saturated heterocycles. The molecule has 1 rings (SSSR count). The molecule has 96 valence electrons. The van der Waals surface area contributed by atoms with Gasteiger partial charge < -0.3 is 15.0 Å². The number of aromatic nitrogens is 1. The highest BCUT2D eigenvalue weighted by molar-refractivity contribution is 5.88. The van der Waals surface area contributed by atoms with E-state index in [2.05, 4.69) is 11.9 Å². The fourth-order valence-electron chi connectivity index (χ4n) is 1.30. The van der Waals surface area contributed by atoms with Gasteiger partial charge in [-0.15, -0.1) is 6.58 Å². The molecule has 8 heteroatoms. The third-order valence-electron chi connectivity index (χ3n) is 2.07. The molecule has 1 aromatic rings. The zero-order valence-corrected chi connectivity index (χ0v) is 9.33. The number of nitrogens with zero attached hydrogens (tertiary/aromatic N) is 2. The van der Waals surface area contributed by atoms with Crippen LogP contribution in [0.25, 0.3) is 0 Å². The number of hydrogen-bond donors (Lipinski definition) is 2. The summed E-state index contributed by atoms with van der Waals surface area (Å²) in [7, 11) is 0. The topological polar surface area (TPSA) is 114 Å². The smallest absolute Gasteiger partial charge is 0.352 e. The molecular weight excluding hydrogens is 242 g/mol. The highest BCUT2D eigenvalue weighted by Gasteiger charge is 2.19. The molecule has 0 fully saturated rings. The summed E-state index contributed by atoms with van der Waals surface area (Å²) in [6.07, 6.45) is 2.48. The van der Waals surface area contributed by atoms with Crippen molar-refractivity contribution in [2.24, 2.45) is 0 Å². The number of carbonyl (C=O) groups excluding carboxylic acids is 1. The van der Waals surface area contributed by atoms with E-state index in [-0.39, 0.29) is 24.5 Å². The van der Waals surface area contributed by atoms with E-state index in [1.807, 2.05) is 0 Å². The van der Waals surface area contributed by atoms with Crippen LogP contribution in [0.2, 0.25) is 0 Å². The third kappa shape index (κ3) is 3.17. The van der Waals surface area contributed by atoms with E-state index in [9.17, 15) is 19.7 Å². The van der Waals surface area contributed by atoms with Gasteiger partial charge in [0.05, 0.1) is 11.1 Å². The standard InChI is InChI=1S/C10H11N3O5/c1-2-3-11-9(14)6-12-5-7(13(17)18)4-8(12)10(15)16/h2,4-5H,1,3,6H2,(H,11,14)(H,15,16). The Labute approximate surface area is 102 Å². The number of carboxylic acids is 1. The molecule has 1 aromatic heterocycles. The van der Waals surface area contributed by atoms with Gasteiger partial charge >= 0.3 is 5.97 Å². The van der Waals surface area contributed by atoms with E-state index in [1.54, 1.807) is 0 Å². The maximum absolute atomic E-state index is 11.4. The summed E-state index contributed by atoms with van der Waals surface area (Å²) < 4.78 is 1.01. The Morgan fingerprint density at radius 3 is 2.78 bits per heavy atom. The summed E-state index contributed by atoms with van der Waals surface area (Å²) in [5.74, 6) is -1.79. The summed E-state index contributed by atoms with van der Waals surface area (Å²) in [5.41, 5.74) is -0.681. The number of carboxylic acid groups (broad SMARTS) is 1. The fraction of sp³-hybridized carbons (Fsp3) is 0.200. The van der Waals surface area contributed by atoms with Crippen molar-refractivity contribution in [1.82, 2.24) is 9.88 Å². The molecule has 2 N–H and O–H groups in total. The van der Waals surface area contributed by atoms with Gasteiger partial charge in [0.25, 0.3) is 5.69 Å². The highest BCUT2D eigenvalue weighted by Crippen LogP contribution is 2.16. The largest absolute Gasteiger partial charge is 0.477 e. The van der Waals surface area contributed by atoms with Gasteiger partial charge in [0.2, 0.25) is 5.91 Å². The quantitative estimate of drug-likeness (QED) is 0.432. The van der Waals surface area contributed by atoms with Gasteiger partial charge in [-0.3, -0.25) is 14.9 Å². The lowest BCUT2D eigenvalue weighted by Crippen LogP contribution is -2.28. The Morgan fingerprint density at radius 1 is 1.61 bits per heavy atom. The van der Waals surface area contributed by atoms with E-state index in [4.69, 9.17) is 5.11 Å². The zero-order valence-electron chi connectivity index (χ0n) is 9.33. The number of rotatable bonds is 6. The molecule has 0 aromatic carbocycles. The Hall–Kier alpha value is -2.64. The van der Waals surface area contributed by atoms with E-state index in [0.717, 1.165) is 16.8 Å². The molecule has 0 radical (unpaired) electrons. The van der Waals surface area contributed by atoms with Crippen LogP contribution in [-0.4, -0.2) is 33.0 Å². The second-order valence-corrected chi connectivity index (χ2v) is 3.37. The fourth-order valence-corrected chi connectivity index (χ4v) is 1.30. The molecule has 0 aliphatic rings. The van der Waals surface area contributed by atoms with Crippen molar-refractivity contribution >= 4 is 17.6 Å². The van der Waals surface area contributed by atoms with Crippen LogP contribution in [0, 0.1) is 10.1 Å². The molecule has 0 aliphatic carbocycles. The van der Waals surface area contributed by atoms with Gasteiger partial charge in [0.1, 0.15) is 12.2 Å². The first kappa shape index (κ1) is 13.4. The molecule has 0 aliphatic heterocycles. The minimum atomic E-state index is -1.33. The van der Waals surface area contributed by atoms with E-state index < -0.39 is 16.8 Å². The molecule has 0 atom stereocenters. The summed E-state index contributed by atoms with van der Waals surface area (Å²) >= 11 is 0. The van der Waals surface area contributed by atoms with E-state index in [0.29, 0.717) is 0 Å². The predicted octanol–water partition coefficient (Wildman–Crippen LogP) is 0.397. The van der Waals surface area contributed by atoms with Crippen molar-refractivity contribution in [1.29, 1.82) is 0 Å². The lowest BCUT2D eigenvalue weighted by Gasteiger charge is -2.05. The van der Waals surface area contributed by atoms with Crippen LogP contribution in [0.4, 0.5) is 5.69 Å². The summed E-state index contributed by atoms with van der Waals surface area (Å²) in [4.78, 5) is 32.1. The Morgan fingerprint density at radius 2 is 2.28 bits per heavy atom. The number of carbonyl (C=O) groups is 2. The van der Waals surface area contributed by atoms with Gasteiger partial charge in [-0.05, 0) is 0 Å². The van der Waals surface area contributed by atoms with Crippen LogP contribution >= 0.6 is 0 Å². The lowest BCUT2D eigenvalue weighted by molar-refractivity contribution is -0.384. The molecule has 0 saturated carbocycles. The van der Waals surface area contributed by atoms with Gasteiger partial charge in [0, 0.05) is 12.6 Å². The minimum absolute atomic E-state index is 0.241. The predicted molar refractivity (Wildman–Crippen MR) is 61.3 cm³/mol. The number of amides is 1. The first-order chi connectivity index (χ1) is 8.45. The molecule has 0 spiro atoms. The van der Waals surface area contributed by atoms with Crippen molar-refractivity contribution in [3.05, 3.63) is 40.7 Å². The van der Waals surface area contributed by atoms with Crippen molar-refractivity contribution in [3.8, 4) is 0 Å². The first-order valence-corrected chi connectivity index (χ1v) is 4.91. The van der Waals surface area contributed by atoms with Crippen molar-refractivity contribution in [2.75, 3.05) is 6.54 Å². The number of hydrogen-bond acceptors (Lipinski definition) is 4. The minimum Gasteiger partial charge on any atom is -0.477 e. The third-order valence-corrected chi connectivity index (χ3v) is 2.07. The van der Waals surface area contributed by atoms with Crippen LogP contribution in [0.15, 0.2) is 24.9 Å². The first-order valence-electron chi connectivity index (χ1n) is 4.91. The second kappa shape index (κ2) is 5.62. The van der Waals surface area contributed by atoms with Crippen molar-refractivity contribution < 1.29 is 19.6 Å². The van der Waals surface area contributed by atoms with Gasteiger partial charge in [-0.25, -0.2) is 4.79 Å². The van der Waals surface area contributed by atoms with Crippen LogP contribution in [0.3, 0.4) is 0 Å². The summed E-state index contributed by atoms with van der Waals surface area (Å²) in [5, 5.41) is 21.8. The summed E-state index contributed by atoms with van der Waals surface area (Å²) in [6, 6.07) is 0.906. The maximum atomic E-state index is 11.4.